The third kappa shape index (κ3) is 6.67. The first kappa shape index (κ1) is 35.4. The molecule has 0 saturated carbocycles. The maximum Gasteiger partial charge on any atom is 0.135 e. The molecule has 1 heteroatoms. The molecule has 0 bridgehead atoms. The minimum absolute atomic E-state index is 0.0615. The van der Waals surface area contributed by atoms with Crippen LogP contribution in [-0.4, -0.2) is 0 Å². The van der Waals surface area contributed by atoms with Crippen molar-refractivity contribution in [2.45, 2.75) is 5.92 Å². The fourth-order valence-electron chi connectivity index (χ4n) is 8.89. The predicted molar refractivity (Wildman–Crippen MR) is 252 cm³/mol. The molecule has 0 aliphatic carbocycles. The third-order valence-corrected chi connectivity index (χ3v) is 12.1. The smallest absolute Gasteiger partial charge is 0.135 e. The van der Waals surface area contributed by atoms with Crippen molar-refractivity contribution in [2.75, 3.05) is 0 Å². The summed E-state index contributed by atoms with van der Waals surface area (Å²) in [5, 5.41) is 4.82. The van der Waals surface area contributed by atoms with Crippen LogP contribution in [0.5, 0.6) is 0 Å². The molecule has 0 aliphatic rings. The average molecular weight is 765 g/mol. The Kier molecular flexibility index (Phi) is 8.98. The number of hydrogen-bond donors (Lipinski definition) is 0. The summed E-state index contributed by atoms with van der Waals surface area (Å²) in [6.45, 7) is 0. The number of fused-ring (bicyclic) bond motifs is 4. The molecule has 1 heterocycles. The zero-order valence-electron chi connectivity index (χ0n) is 33.0. The van der Waals surface area contributed by atoms with Gasteiger partial charge in [-0.25, -0.2) is 0 Å². The molecule has 0 amide bonds. The van der Waals surface area contributed by atoms with Crippen molar-refractivity contribution in [2.24, 2.45) is 0 Å². The Labute approximate surface area is 350 Å². The van der Waals surface area contributed by atoms with Gasteiger partial charge in [0.15, 0.2) is 0 Å². The molecule has 10 aromatic carbocycles. The van der Waals surface area contributed by atoms with Gasteiger partial charge in [-0.1, -0.05) is 218 Å². The van der Waals surface area contributed by atoms with Gasteiger partial charge in [0.1, 0.15) is 11.2 Å². The normalized spacial score (nSPS) is 11.9. The van der Waals surface area contributed by atoms with Crippen LogP contribution < -0.4 is 0 Å². The highest BCUT2D eigenvalue weighted by Crippen LogP contribution is 2.38. The molecule has 11 aromatic rings. The van der Waals surface area contributed by atoms with E-state index in [-0.39, 0.29) is 5.92 Å². The van der Waals surface area contributed by atoms with Crippen LogP contribution >= 0.6 is 0 Å². The maximum atomic E-state index is 6.08. The maximum absolute atomic E-state index is 6.08. The number of para-hydroxylation sites is 1. The number of hydrogen-bond acceptors (Lipinski definition) is 1. The van der Waals surface area contributed by atoms with Crippen molar-refractivity contribution < 1.29 is 4.42 Å². The van der Waals surface area contributed by atoms with E-state index in [2.05, 4.69) is 224 Å². The van der Waals surface area contributed by atoms with Crippen molar-refractivity contribution in [1.29, 1.82) is 0 Å². The zero-order valence-corrected chi connectivity index (χ0v) is 33.0. The van der Waals surface area contributed by atoms with Crippen LogP contribution in [0.3, 0.4) is 0 Å². The van der Waals surface area contributed by atoms with E-state index < -0.39 is 0 Å². The standard InChI is InChI=1S/C59H40O/c1-2-9-40(10-3-1)41-17-19-42(20-18-41)44-25-31-49(32-26-44)59(51-35-29-48(30-36-51)54-15-8-12-47-11-4-5-13-53(47)54)50-33-27-45(28-34-50)43-21-23-46(24-22-43)52-37-38-58-56(39-52)55-14-6-7-16-57(55)60-58/h1-39,59H. The summed E-state index contributed by atoms with van der Waals surface area (Å²) < 4.78 is 6.08. The average Bonchev–Trinajstić information content (AvgIpc) is 3.71. The molecule has 0 radical (unpaired) electrons. The Morgan fingerprint density at radius 2 is 0.650 bits per heavy atom. The molecule has 0 fully saturated rings. The largest absolute Gasteiger partial charge is 0.456 e. The van der Waals surface area contributed by atoms with Gasteiger partial charge in [-0.05, 0) is 101 Å². The predicted octanol–water partition coefficient (Wildman–Crippen LogP) is 16.3. The van der Waals surface area contributed by atoms with Crippen molar-refractivity contribution in [3.05, 3.63) is 253 Å². The highest BCUT2D eigenvalue weighted by molar-refractivity contribution is 6.06. The first-order valence-corrected chi connectivity index (χ1v) is 20.7. The molecular formula is C59H40O. The van der Waals surface area contributed by atoms with Gasteiger partial charge in [0.25, 0.3) is 0 Å². The molecule has 11 rings (SSSR count). The first-order chi connectivity index (χ1) is 29.7. The molecule has 1 aromatic heterocycles. The summed E-state index contributed by atoms with van der Waals surface area (Å²) in [5.74, 6) is 0.0615. The SMILES string of the molecule is c1ccc(-c2ccc(-c3ccc(C(c4ccc(-c5ccc(-c6ccc7oc8ccccc8c7c6)cc5)cc4)c4ccc(-c5cccc6ccccc56)cc4)cc3)cc2)cc1. The van der Waals surface area contributed by atoms with Gasteiger partial charge in [-0.3, -0.25) is 0 Å². The monoisotopic (exact) mass is 764 g/mol. The van der Waals surface area contributed by atoms with Crippen LogP contribution in [0.4, 0.5) is 0 Å². The van der Waals surface area contributed by atoms with Gasteiger partial charge >= 0.3 is 0 Å². The molecule has 0 saturated heterocycles. The van der Waals surface area contributed by atoms with E-state index in [0.29, 0.717) is 0 Å². The highest BCUT2D eigenvalue weighted by Gasteiger charge is 2.18. The van der Waals surface area contributed by atoms with E-state index in [0.717, 1.165) is 21.9 Å². The fraction of sp³-hybridized carbons (Fsp3) is 0.0169. The molecule has 282 valence electrons. The van der Waals surface area contributed by atoms with E-state index in [1.807, 2.05) is 12.1 Å². The first-order valence-electron chi connectivity index (χ1n) is 20.7. The quantitative estimate of drug-likeness (QED) is 0.140. The van der Waals surface area contributed by atoms with Crippen LogP contribution in [0.1, 0.15) is 22.6 Å². The number of rotatable bonds is 8. The summed E-state index contributed by atoms with van der Waals surface area (Å²) in [4.78, 5) is 0. The second-order valence-corrected chi connectivity index (χ2v) is 15.7. The summed E-state index contributed by atoms with van der Waals surface area (Å²) in [6, 6.07) is 85.8. The fourth-order valence-corrected chi connectivity index (χ4v) is 8.89. The lowest BCUT2D eigenvalue weighted by molar-refractivity contribution is 0.669. The summed E-state index contributed by atoms with van der Waals surface area (Å²) in [7, 11) is 0. The minimum Gasteiger partial charge on any atom is -0.456 e. The van der Waals surface area contributed by atoms with E-state index in [9.17, 15) is 0 Å². The Hall–Kier alpha value is -7.74. The summed E-state index contributed by atoms with van der Waals surface area (Å²) in [5.41, 5.74) is 17.7. The lowest BCUT2D eigenvalue weighted by atomic mass is 9.83. The zero-order chi connectivity index (χ0) is 39.8. The molecule has 0 spiro atoms. The van der Waals surface area contributed by atoms with Crippen molar-refractivity contribution >= 4 is 32.7 Å². The number of benzene rings is 10. The van der Waals surface area contributed by atoms with Crippen LogP contribution in [0, 0.1) is 0 Å². The Morgan fingerprint density at radius 3 is 1.23 bits per heavy atom. The Morgan fingerprint density at radius 1 is 0.250 bits per heavy atom. The molecule has 60 heavy (non-hydrogen) atoms. The third-order valence-electron chi connectivity index (χ3n) is 12.1. The Balaban J connectivity index is 0.908. The summed E-state index contributed by atoms with van der Waals surface area (Å²) in [6.07, 6.45) is 0. The van der Waals surface area contributed by atoms with Crippen molar-refractivity contribution in [3.63, 3.8) is 0 Å². The van der Waals surface area contributed by atoms with Gasteiger partial charge in [0, 0.05) is 16.7 Å². The molecule has 0 N–H and O–H groups in total. The van der Waals surface area contributed by atoms with Gasteiger partial charge in [-0.15, -0.1) is 0 Å². The number of furan rings is 1. The topological polar surface area (TPSA) is 13.1 Å². The highest BCUT2D eigenvalue weighted by atomic mass is 16.3. The van der Waals surface area contributed by atoms with E-state index >= 15 is 0 Å². The van der Waals surface area contributed by atoms with Crippen LogP contribution in [0.25, 0.3) is 88.3 Å². The molecular weight excluding hydrogens is 725 g/mol. The lowest BCUT2D eigenvalue weighted by Crippen LogP contribution is -2.03. The van der Waals surface area contributed by atoms with Gasteiger partial charge in [0.05, 0.1) is 0 Å². The van der Waals surface area contributed by atoms with Crippen LogP contribution in [0.15, 0.2) is 241 Å². The van der Waals surface area contributed by atoms with E-state index in [4.69, 9.17) is 4.42 Å². The molecule has 0 aliphatic heterocycles. The van der Waals surface area contributed by atoms with Crippen LogP contribution in [-0.2, 0) is 0 Å². The van der Waals surface area contributed by atoms with Crippen molar-refractivity contribution in [3.8, 4) is 55.6 Å². The Bertz CT molecular complexity index is 3240. The second-order valence-electron chi connectivity index (χ2n) is 15.7. The van der Waals surface area contributed by atoms with Gasteiger partial charge < -0.3 is 4.42 Å². The van der Waals surface area contributed by atoms with E-state index in [1.54, 1.807) is 0 Å². The van der Waals surface area contributed by atoms with Gasteiger partial charge in [-0.2, -0.15) is 0 Å². The van der Waals surface area contributed by atoms with E-state index in [1.165, 1.54) is 83.1 Å². The lowest BCUT2D eigenvalue weighted by Gasteiger charge is -2.20. The summed E-state index contributed by atoms with van der Waals surface area (Å²) >= 11 is 0. The minimum atomic E-state index is 0.0615. The van der Waals surface area contributed by atoms with Gasteiger partial charge in [0.2, 0.25) is 0 Å². The second kappa shape index (κ2) is 15.2. The molecule has 1 atom stereocenters. The molecule has 1 unspecified atom stereocenters. The van der Waals surface area contributed by atoms with Crippen LogP contribution in [0.2, 0.25) is 0 Å². The van der Waals surface area contributed by atoms with Crippen molar-refractivity contribution in [1.82, 2.24) is 0 Å². The molecule has 1 nitrogen and oxygen atoms in total.